The maximum absolute atomic E-state index is 13.7. The Morgan fingerprint density at radius 3 is 2.81 bits per heavy atom. The van der Waals surface area contributed by atoms with Gasteiger partial charge in [-0.2, -0.15) is 0 Å². The molecule has 1 heterocycles. The molecule has 3 aromatic rings. The van der Waals surface area contributed by atoms with Crippen LogP contribution in [0.5, 0.6) is 0 Å². The number of nitrogens with zero attached hydrogens (tertiary/aromatic N) is 3. The molecule has 1 aliphatic carbocycles. The van der Waals surface area contributed by atoms with Crippen LogP contribution in [-0.4, -0.2) is 15.5 Å². The summed E-state index contributed by atoms with van der Waals surface area (Å²) >= 11 is 0. The number of guanidine groups is 1. The van der Waals surface area contributed by atoms with E-state index in [1.807, 2.05) is 12.1 Å². The molecule has 1 aromatic heterocycles. The van der Waals surface area contributed by atoms with Crippen LogP contribution in [0.15, 0.2) is 41.4 Å². The first-order valence-corrected chi connectivity index (χ1v) is 9.07. The molecule has 1 saturated carbocycles. The molecule has 5 nitrogen and oxygen atoms in total. The molecular weight excluding hydrogens is 348 g/mol. The van der Waals surface area contributed by atoms with Crippen molar-refractivity contribution >= 4 is 22.7 Å². The molecule has 0 radical (unpaired) electrons. The number of hydrogen-bond acceptors (Lipinski definition) is 2. The third-order valence-corrected chi connectivity index (χ3v) is 4.68. The smallest absolute Gasteiger partial charge is 0.193 e. The van der Waals surface area contributed by atoms with Crippen molar-refractivity contribution in [2.45, 2.75) is 38.8 Å². The van der Waals surface area contributed by atoms with E-state index in [1.54, 1.807) is 0 Å². The van der Waals surface area contributed by atoms with Gasteiger partial charge in [0.15, 0.2) is 5.96 Å². The number of aromatic nitrogens is 2. The summed E-state index contributed by atoms with van der Waals surface area (Å²) in [6.07, 6.45) is 3.32. The molecule has 0 spiro atoms. The summed E-state index contributed by atoms with van der Waals surface area (Å²) in [7, 11) is 0. The van der Waals surface area contributed by atoms with Crippen LogP contribution in [-0.2, 0) is 13.0 Å². The summed E-state index contributed by atoms with van der Waals surface area (Å²) < 4.78 is 29.2. The first-order valence-electron chi connectivity index (χ1n) is 9.07. The zero-order valence-electron chi connectivity index (χ0n) is 15.0. The fourth-order valence-corrected chi connectivity index (χ4v) is 3.23. The molecule has 0 bridgehead atoms. The van der Waals surface area contributed by atoms with Gasteiger partial charge in [-0.1, -0.05) is 13.0 Å². The summed E-state index contributed by atoms with van der Waals surface area (Å²) in [5.74, 6) is -0.00271. The Bertz CT molecular complexity index is 1020. The second-order valence-corrected chi connectivity index (χ2v) is 6.76. The van der Waals surface area contributed by atoms with E-state index in [9.17, 15) is 8.78 Å². The van der Waals surface area contributed by atoms with Gasteiger partial charge in [0.25, 0.3) is 0 Å². The largest absolute Gasteiger partial charge is 0.370 e. The number of nitrogens with one attached hydrogen (secondary N) is 1. The van der Waals surface area contributed by atoms with Crippen molar-refractivity contribution in [3.63, 3.8) is 0 Å². The van der Waals surface area contributed by atoms with Gasteiger partial charge in [-0.3, -0.25) is 0 Å². The summed E-state index contributed by atoms with van der Waals surface area (Å²) in [6.45, 7) is 2.44. The SMILES string of the molecule is CCc1nc2cc(CN=C(N)Nc3cc(F)ccc3F)ccc2n1C1CC1. The van der Waals surface area contributed by atoms with E-state index in [1.165, 1.54) is 12.8 Å². The van der Waals surface area contributed by atoms with Crippen LogP contribution >= 0.6 is 0 Å². The van der Waals surface area contributed by atoms with E-state index >= 15 is 0 Å². The van der Waals surface area contributed by atoms with E-state index in [0.717, 1.165) is 47.0 Å². The van der Waals surface area contributed by atoms with Gasteiger partial charge in [-0.15, -0.1) is 0 Å². The fourth-order valence-electron chi connectivity index (χ4n) is 3.23. The second kappa shape index (κ2) is 6.98. The van der Waals surface area contributed by atoms with Crippen molar-refractivity contribution in [1.82, 2.24) is 9.55 Å². The summed E-state index contributed by atoms with van der Waals surface area (Å²) in [5.41, 5.74) is 8.83. The third kappa shape index (κ3) is 3.63. The monoisotopic (exact) mass is 369 g/mol. The predicted octanol–water partition coefficient (Wildman–Crippen LogP) is 4.14. The first-order chi connectivity index (χ1) is 13.0. The molecular formula is C20H21F2N5. The Morgan fingerprint density at radius 2 is 2.07 bits per heavy atom. The third-order valence-electron chi connectivity index (χ3n) is 4.68. The van der Waals surface area contributed by atoms with E-state index in [4.69, 9.17) is 10.7 Å². The summed E-state index contributed by atoms with van der Waals surface area (Å²) in [5, 5.41) is 2.60. The highest BCUT2D eigenvalue weighted by molar-refractivity contribution is 5.92. The van der Waals surface area contributed by atoms with Crippen LogP contribution < -0.4 is 11.1 Å². The Labute approximate surface area is 155 Å². The molecule has 1 aliphatic rings. The standard InChI is InChI=1S/C20H21F2N5/c1-2-19-25-17-9-12(3-8-18(17)27(19)14-5-6-14)11-24-20(23)26-16-10-13(21)4-7-15(16)22/h3-4,7-10,14H,2,5-6,11H2,1H3,(H3,23,24,26). The molecule has 4 rings (SSSR count). The van der Waals surface area contributed by atoms with Crippen molar-refractivity contribution in [2.24, 2.45) is 10.7 Å². The highest BCUT2D eigenvalue weighted by Gasteiger charge is 2.27. The average Bonchev–Trinajstić information content (AvgIpc) is 3.42. The van der Waals surface area contributed by atoms with Crippen LogP contribution in [0, 0.1) is 11.6 Å². The lowest BCUT2D eigenvalue weighted by Crippen LogP contribution is -2.23. The Morgan fingerprint density at radius 1 is 1.26 bits per heavy atom. The van der Waals surface area contributed by atoms with Gasteiger partial charge in [-0.05, 0) is 42.7 Å². The number of halogens is 2. The lowest BCUT2D eigenvalue weighted by molar-refractivity contribution is 0.604. The van der Waals surface area contributed by atoms with Crippen LogP contribution in [0.4, 0.5) is 14.5 Å². The van der Waals surface area contributed by atoms with Crippen LogP contribution in [0.25, 0.3) is 11.0 Å². The van der Waals surface area contributed by atoms with E-state index in [-0.39, 0.29) is 11.6 Å². The van der Waals surface area contributed by atoms with Gasteiger partial charge in [0.1, 0.15) is 17.5 Å². The highest BCUT2D eigenvalue weighted by Crippen LogP contribution is 2.38. The zero-order chi connectivity index (χ0) is 19.0. The molecule has 0 amide bonds. The van der Waals surface area contributed by atoms with E-state index < -0.39 is 11.6 Å². The van der Waals surface area contributed by atoms with Gasteiger partial charge in [0.2, 0.25) is 0 Å². The minimum Gasteiger partial charge on any atom is -0.370 e. The minimum absolute atomic E-state index is 0.0253. The Kier molecular flexibility index (Phi) is 4.51. The van der Waals surface area contributed by atoms with Gasteiger partial charge >= 0.3 is 0 Å². The number of aliphatic imine (C=N–C) groups is 1. The zero-order valence-corrected chi connectivity index (χ0v) is 15.0. The van der Waals surface area contributed by atoms with Crippen molar-refractivity contribution in [1.29, 1.82) is 0 Å². The quantitative estimate of drug-likeness (QED) is 0.525. The Balaban J connectivity index is 1.52. The second-order valence-electron chi connectivity index (χ2n) is 6.76. The maximum atomic E-state index is 13.7. The molecule has 0 saturated heterocycles. The maximum Gasteiger partial charge on any atom is 0.193 e. The number of fused-ring (bicyclic) bond motifs is 1. The Hall–Kier alpha value is -2.96. The number of aryl methyl sites for hydroxylation is 1. The number of rotatable bonds is 5. The normalized spacial score (nSPS) is 14.7. The molecule has 1 fully saturated rings. The fraction of sp³-hybridized carbons (Fsp3) is 0.300. The first kappa shape index (κ1) is 17.5. The molecule has 0 unspecified atom stereocenters. The van der Waals surface area contributed by atoms with Crippen LogP contribution in [0.1, 0.15) is 37.2 Å². The van der Waals surface area contributed by atoms with E-state index in [0.29, 0.717) is 12.6 Å². The number of benzene rings is 2. The number of hydrogen-bond donors (Lipinski definition) is 2. The number of anilines is 1. The van der Waals surface area contributed by atoms with Crippen LogP contribution in [0.2, 0.25) is 0 Å². The van der Waals surface area contributed by atoms with Crippen LogP contribution in [0.3, 0.4) is 0 Å². The number of imidazole rings is 1. The predicted molar refractivity (Wildman–Crippen MR) is 103 cm³/mol. The lowest BCUT2D eigenvalue weighted by atomic mass is 10.2. The molecule has 2 aromatic carbocycles. The lowest BCUT2D eigenvalue weighted by Gasteiger charge is -2.07. The summed E-state index contributed by atoms with van der Waals surface area (Å²) in [6, 6.07) is 9.79. The molecule has 0 aliphatic heterocycles. The molecule has 27 heavy (non-hydrogen) atoms. The molecule has 7 heteroatoms. The topological polar surface area (TPSA) is 68.2 Å². The van der Waals surface area contributed by atoms with Gasteiger partial charge in [-0.25, -0.2) is 18.8 Å². The molecule has 140 valence electrons. The van der Waals surface area contributed by atoms with Crippen molar-refractivity contribution in [3.05, 3.63) is 59.4 Å². The highest BCUT2D eigenvalue weighted by atomic mass is 19.1. The van der Waals surface area contributed by atoms with Crippen molar-refractivity contribution in [2.75, 3.05) is 5.32 Å². The minimum atomic E-state index is -0.589. The van der Waals surface area contributed by atoms with Crippen molar-refractivity contribution < 1.29 is 8.78 Å². The summed E-state index contributed by atoms with van der Waals surface area (Å²) in [4.78, 5) is 8.97. The van der Waals surface area contributed by atoms with E-state index in [2.05, 4.69) is 27.9 Å². The molecule has 3 N–H and O–H groups in total. The molecule has 0 atom stereocenters. The van der Waals surface area contributed by atoms with Gasteiger partial charge < -0.3 is 15.6 Å². The van der Waals surface area contributed by atoms with Gasteiger partial charge in [0, 0.05) is 18.5 Å². The van der Waals surface area contributed by atoms with Gasteiger partial charge in [0.05, 0.1) is 23.3 Å². The average molecular weight is 369 g/mol. The number of nitrogens with two attached hydrogens (primary N) is 1. The van der Waals surface area contributed by atoms with Crippen molar-refractivity contribution in [3.8, 4) is 0 Å².